The molecule has 236 valence electrons. The fourth-order valence-corrected chi connectivity index (χ4v) is 6.18. The van der Waals surface area contributed by atoms with Gasteiger partial charge in [0.15, 0.2) is 0 Å². The van der Waals surface area contributed by atoms with Crippen molar-refractivity contribution in [2.75, 3.05) is 24.2 Å². The second-order valence-corrected chi connectivity index (χ2v) is 12.8. The van der Waals surface area contributed by atoms with Gasteiger partial charge < -0.3 is 15.0 Å². The number of nitrogens with one attached hydrogen (secondary N) is 1. The summed E-state index contributed by atoms with van der Waals surface area (Å²) in [5, 5.41) is 3.07. The van der Waals surface area contributed by atoms with Crippen LogP contribution in [0.15, 0.2) is 78.9 Å². The van der Waals surface area contributed by atoms with Crippen LogP contribution in [0.3, 0.4) is 0 Å². The third-order valence-corrected chi connectivity index (χ3v) is 8.74. The molecule has 1 aliphatic rings. The molecule has 0 radical (unpaired) electrons. The van der Waals surface area contributed by atoms with Crippen molar-refractivity contribution < 1.29 is 35.9 Å². The molecule has 0 aliphatic heterocycles. The number of carbonyl (C=O) groups excluding carboxylic acids is 2. The number of sulfonamides is 1. The van der Waals surface area contributed by atoms with E-state index in [-0.39, 0.29) is 30.6 Å². The van der Waals surface area contributed by atoms with Gasteiger partial charge in [-0.05, 0) is 54.3 Å². The number of carbonyl (C=O) groups is 2. The lowest BCUT2D eigenvalue weighted by Gasteiger charge is -2.34. The maximum Gasteiger partial charge on any atom is 0.416 e. The zero-order valence-electron chi connectivity index (χ0n) is 24.6. The van der Waals surface area contributed by atoms with Crippen molar-refractivity contribution in [3.05, 3.63) is 95.6 Å². The molecule has 0 saturated heterocycles. The lowest BCUT2D eigenvalue weighted by atomic mass is 10.0. The molecule has 8 nitrogen and oxygen atoms in total. The lowest BCUT2D eigenvalue weighted by Crippen LogP contribution is -2.54. The smallest absolute Gasteiger partial charge is 0.416 e. The predicted molar refractivity (Wildman–Crippen MR) is 162 cm³/mol. The fraction of sp³-hybridized carbons (Fsp3) is 0.375. The van der Waals surface area contributed by atoms with Gasteiger partial charge in [-0.25, -0.2) is 8.42 Å². The van der Waals surface area contributed by atoms with E-state index in [4.69, 9.17) is 4.74 Å². The summed E-state index contributed by atoms with van der Waals surface area (Å²) in [6, 6.07) is 18.7. The molecule has 4 rings (SSSR count). The highest BCUT2D eigenvalue weighted by Gasteiger charge is 2.35. The Labute approximate surface area is 255 Å². The quantitative estimate of drug-likeness (QED) is 0.297. The molecule has 1 fully saturated rings. The highest BCUT2D eigenvalue weighted by molar-refractivity contribution is 7.92. The average Bonchev–Trinajstić information content (AvgIpc) is 3.50. The highest BCUT2D eigenvalue weighted by Crippen LogP contribution is 2.32. The van der Waals surface area contributed by atoms with Crippen LogP contribution in [0.1, 0.15) is 42.4 Å². The Bertz CT molecular complexity index is 1540. The molecule has 0 heterocycles. The number of benzene rings is 3. The van der Waals surface area contributed by atoms with Crippen LogP contribution in [-0.4, -0.2) is 57.1 Å². The Morgan fingerprint density at radius 1 is 0.955 bits per heavy atom. The maximum atomic E-state index is 14.2. The second kappa shape index (κ2) is 14.1. The van der Waals surface area contributed by atoms with Crippen LogP contribution >= 0.6 is 0 Å². The van der Waals surface area contributed by atoms with Crippen molar-refractivity contribution in [3.63, 3.8) is 0 Å². The minimum absolute atomic E-state index is 0.0489. The number of nitrogens with zero attached hydrogens (tertiary/aromatic N) is 2. The standard InChI is InChI=1S/C32H36F3N3O5S/c1-43-28-17-8-12-24(18-28)21-37(29(19-23-10-4-3-5-11-23)31(40)36-26-14-6-7-15-26)30(39)22-38(44(2,41)42)27-16-9-13-25(20-27)32(33,34)35/h3-5,8-13,16-18,20,26,29H,6-7,14-15,19,21-22H2,1-2H3,(H,36,40). The molecule has 1 N–H and O–H groups in total. The fourth-order valence-electron chi connectivity index (χ4n) is 5.34. The first-order valence-electron chi connectivity index (χ1n) is 14.3. The Morgan fingerprint density at radius 2 is 1.61 bits per heavy atom. The van der Waals surface area contributed by atoms with Crippen molar-refractivity contribution in [1.29, 1.82) is 0 Å². The summed E-state index contributed by atoms with van der Waals surface area (Å²) < 4.78 is 72.2. The first-order valence-corrected chi connectivity index (χ1v) is 16.1. The van der Waals surface area contributed by atoms with Crippen LogP contribution in [0.2, 0.25) is 0 Å². The van der Waals surface area contributed by atoms with E-state index in [0.29, 0.717) is 21.7 Å². The summed E-state index contributed by atoms with van der Waals surface area (Å²) in [5.41, 5.74) is 0.0315. The Hall–Kier alpha value is -4.06. The first kappa shape index (κ1) is 32.8. The van der Waals surface area contributed by atoms with Crippen molar-refractivity contribution >= 4 is 27.5 Å². The number of hydrogen-bond acceptors (Lipinski definition) is 5. The zero-order chi connectivity index (χ0) is 31.9. The van der Waals surface area contributed by atoms with Gasteiger partial charge in [-0.3, -0.25) is 13.9 Å². The molecule has 0 bridgehead atoms. The van der Waals surface area contributed by atoms with E-state index in [9.17, 15) is 31.2 Å². The van der Waals surface area contributed by atoms with Gasteiger partial charge >= 0.3 is 6.18 Å². The number of ether oxygens (including phenoxy) is 1. The monoisotopic (exact) mass is 631 g/mol. The SMILES string of the molecule is COc1cccc(CN(C(=O)CN(c2cccc(C(F)(F)F)c2)S(C)(=O)=O)C(Cc2ccccc2)C(=O)NC2CCCC2)c1. The molecular formula is C32H36F3N3O5S. The molecule has 2 amide bonds. The third kappa shape index (κ3) is 8.75. The van der Waals surface area contributed by atoms with Crippen molar-refractivity contribution in [2.45, 2.75) is 56.9 Å². The molecule has 0 aromatic heterocycles. The van der Waals surface area contributed by atoms with E-state index < -0.39 is 40.3 Å². The molecule has 1 aliphatic carbocycles. The molecule has 0 spiro atoms. The average molecular weight is 632 g/mol. The number of amides is 2. The molecule has 1 atom stereocenters. The minimum Gasteiger partial charge on any atom is -0.497 e. The van der Waals surface area contributed by atoms with E-state index in [1.54, 1.807) is 24.3 Å². The number of rotatable bonds is 12. The molecule has 1 saturated carbocycles. The van der Waals surface area contributed by atoms with Crippen LogP contribution in [0, 0.1) is 0 Å². The van der Waals surface area contributed by atoms with Gasteiger partial charge in [0.25, 0.3) is 0 Å². The van der Waals surface area contributed by atoms with Crippen LogP contribution < -0.4 is 14.4 Å². The number of alkyl halides is 3. The predicted octanol–water partition coefficient (Wildman–Crippen LogP) is 5.18. The Morgan fingerprint density at radius 3 is 2.25 bits per heavy atom. The number of anilines is 1. The van der Waals surface area contributed by atoms with Crippen LogP contribution in [0.4, 0.5) is 18.9 Å². The number of methoxy groups -OCH3 is 1. The largest absolute Gasteiger partial charge is 0.497 e. The first-order chi connectivity index (χ1) is 20.8. The Kier molecular flexibility index (Phi) is 10.6. The van der Waals surface area contributed by atoms with Gasteiger partial charge in [0, 0.05) is 19.0 Å². The van der Waals surface area contributed by atoms with E-state index >= 15 is 0 Å². The summed E-state index contributed by atoms with van der Waals surface area (Å²) in [5.74, 6) is -0.619. The topological polar surface area (TPSA) is 96.0 Å². The number of hydrogen-bond donors (Lipinski definition) is 1. The van der Waals surface area contributed by atoms with Crippen molar-refractivity contribution in [2.24, 2.45) is 0 Å². The van der Waals surface area contributed by atoms with Gasteiger partial charge in [-0.2, -0.15) is 13.2 Å². The normalized spacial score (nSPS) is 14.6. The van der Waals surface area contributed by atoms with Crippen molar-refractivity contribution in [3.8, 4) is 5.75 Å². The van der Waals surface area contributed by atoms with Gasteiger partial charge in [0.1, 0.15) is 18.3 Å². The molecule has 44 heavy (non-hydrogen) atoms. The van der Waals surface area contributed by atoms with Crippen LogP contribution in [0.5, 0.6) is 5.75 Å². The van der Waals surface area contributed by atoms with Gasteiger partial charge in [0.05, 0.1) is 24.6 Å². The van der Waals surface area contributed by atoms with E-state index in [1.807, 2.05) is 30.3 Å². The Balaban J connectivity index is 1.75. The van der Waals surface area contributed by atoms with Gasteiger partial charge in [-0.1, -0.05) is 61.4 Å². The highest BCUT2D eigenvalue weighted by atomic mass is 32.2. The summed E-state index contributed by atoms with van der Waals surface area (Å²) in [6.45, 7) is -0.891. The van der Waals surface area contributed by atoms with Crippen LogP contribution in [0.25, 0.3) is 0 Å². The zero-order valence-corrected chi connectivity index (χ0v) is 25.4. The lowest BCUT2D eigenvalue weighted by molar-refractivity contribution is -0.140. The summed E-state index contributed by atoms with van der Waals surface area (Å²) in [4.78, 5) is 29.4. The van der Waals surface area contributed by atoms with Crippen LogP contribution in [-0.2, 0) is 38.8 Å². The summed E-state index contributed by atoms with van der Waals surface area (Å²) >= 11 is 0. The van der Waals surface area contributed by atoms with Gasteiger partial charge in [-0.15, -0.1) is 0 Å². The van der Waals surface area contributed by atoms with Crippen molar-refractivity contribution in [1.82, 2.24) is 10.2 Å². The molecule has 12 heteroatoms. The molecule has 3 aromatic carbocycles. The summed E-state index contributed by atoms with van der Waals surface area (Å²) in [7, 11) is -2.72. The molecular weight excluding hydrogens is 595 g/mol. The minimum atomic E-state index is -4.72. The molecule has 3 aromatic rings. The summed E-state index contributed by atoms with van der Waals surface area (Å²) in [6.07, 6.45) is -0.197. The van der Waals surface area contributed by atoms with E-state index in [2.05, 4.69) is 5.32 Å². The number of halogens is 3. The second-order valence-electron chi connectivity index (χ2n) is 10.9. The van der Waals surface area contributed by atoms with Gasteiger partial charge in [0.2, 0.25) is 21.8 Å². The third-order valence-electron chi connectivity index (χ3n) is 7.60. The molecule has 1 unspecified atom stereocenters. The van der Waals surface area contributed by atoms with E-state index in [1.165, 1.54) is 18.1 Å². The maximum absolute atomic E-state index is 14.2. The van der Waals surface area contributed by atoms with E-state index in [0.717, 1.165) is 49.6 Å².